The minimum Gasteiger partial charge on any atom is -0.339 e. The molecule has 6 heteroatoms. The van der Waals surface area contributed by atoms with Crippen LogP contribution in [0, 0.1) is 24.2 Å². The van der Waals surface area contributed by atoms with Gasteiger partial charge < -0.3 is 15.5 Å². The summed E-state index contributed by atoms with van der Waals surface area (Å²) < 4.78 is 0. The Kier molecular flexibility index (Phi) is 6.22. The van der Waals surface area contributed by atoms with E-state index in [9.17, 15) is 9.59 Å². The van der Waals surface area contributed by atoms with Gasteiger partial charge in [0.15, 0.2) is 0 Å². The zero-order chi connectivity index (χ0) is 21.8. The maximum absolute atomic E-state index is 13.1. The van der Waals surface area contributed by atoms with Gasteiger partial charge in [0.2, 0.25) is 0 Å². The molecule has 2 aromatic carbocycles. The number of carbonyl (C=O) groups excluding carboxylic acids is 2. The van der Waals surface area contributed by atoms with Gasteiger partial charge in [-0.25, -0.2) is 4.79 Å². The molecule has 0 bridgehead atoms. The Morgan fingerprint density at radius 2 is 1.77 bits per heavy atom. The van der Waals surface area contributed by atoms with Crippen LogP contribution in [0.25, 0.3) is 0 Å². The fourth-order valence-electron chi connectivity index (χ4n) is 4.04. The second-order valence-corrected chi connectivity index (χ2v) is 8.61. The van der Waals surface area contributed by atoms with Crippen molar-refractivity contribution in [3.8, 4) is 6.07 Å². The molecule has 1 saturated heterocycles. The molecule has 1 heterocycles. The lowest BCUT2D eigenvalue weighted by Crippen LogP contribution is -2.38. The molecule has 2 aliphatic rings. The van der Waals surface area contributed by atoms with Crippen molar-refractivity contribution in [1.82, 2.24) is 10.2 Å². The van der Waals surface area contributed by atoms with E-state index in [4.69, 9.17) is 5.26 Å². The Hall–Kier alpha value is -3.33. The predicted octanol–water partition coefficient (Wildman–Crippen LogP) is 4.42. The average Bonchev–Trinajstić information content (AvgIpc) is 3.63. The number of hydrogen-bond acceptors (Lipinski definition) is 3. The molecular formula is C25H28N4O2. The Balaban J connectivity index is 1.35. The van der Waals surface area contributed by atoms with E-state index in [0.29, 0.717) is 48.3 Å². The van der Waals surface area contributed by atoms with Crippen LogP contribution < -0.4 is 10.6 Å². The molecule has 2 aromatic rings. The highest BCUT2D eigenvalue weighted by molar-refractivity contribution is 5.97. The van der Waals surface area contributed by atoms with Gasteiger partial charge in [0.05, 0.1) is 11.6 Å². The summed E-state index contributed by atoms with van der Waals surface area (Å²) in [5.74, 6) is 1.02. The summed E-state index contributed by atoms with van der Waals surface area (Å²) in [6.07, 6.45) is 4.17. The van der Waals surface area contributed by atoms with Crippen molar-refractivity contribution < 1.29 is 9.59 Å². The van der Waals surface area contributed by atoms with E-state index in [1.807, 2.05) is 48.2 Å². The molecule has 0 radical (unpaired) electrons. The van der Waals surface area contributed by atoms with E-state index in [2.05, 4.69) is 16.7 Å². The predicted molar refractivity (Wildman–Crippen MR) is 120 cm³/mol. The summed E-state index contributed by atoms with van der Waals surface area (Å²) >= 11 is 0. The van der Waals surface area contributed by atoms with Crippen molar-refractivity contribution in [3.63, 3.8) is 0 Å². The van der Waals surface area contributed by atoms with Crippen molar-refractivity contribution in [3.05, 3.63) is 64.7 Å². The summed E-state index contributed by atoms with van der Waals surface area (Å²) in [6.45, 7) is 4.02. The molecule has 2 N–H and O–H groups in total. The number of carbonyl (C=O) groups is 2. The topological polar surface area (TPSA) is 85.2 Å². The van der Waals surface area contributed by atoms with E-state index in [0.717, 1.165) is 18.4 Å². The number of rotatable bonds is 5. The van der Waals surface area contributed by atoms with Crippen LogP contribution in [0.5, 0.6) is 0 Å². The molecule has 0 atom stereocenters. The lowest BCUT2D eigenvalue weighted by molar-refractivity contribution is 0.0713. The van der Waals surface area contributed by atoms with Crippen molar-refractivity contribution in [1.29, 1.82) is 5.26 Å². The van der Waals surface area contributed by atoms with E-state index in [1.54, 1.807) is 6.07 Å². The van der Waals surface area contributed by atoms with Crippen LogP contribution in [0.4, 0.5) is 10.5 Å². The molecule has 4 rings (SSSR count). The van der Waals surface area contributed by atoms with Crippen LogP contribution in [-0.4, -0.2) is 36.5 Å². The first-order valence-electron chi connectivity index (χ1n) is 11.0. The Bertz CT molecular complexity index is 997. The van der Waals surface area contributed by atoms with Gasteiger partial charge in [-0.15, -0.1) is 0 Å². The summed E-state index contributed by atoms with van der Waals surface area (Å²) in [4.78, 5) is 27.1. The van der Waals surface area contributed by atoms with Crippen LogP contribution in [0.15, 0.2) is 42.5 Å². The van der Waals surface area contributed by atoms with Crippen LogP contribution in [0.1, 0.15) is 58.6 Å². The standard InChI is InChI=1S/C25H28N4O2/c1-17-2-7-22(14-23(17)28-25(31)27-16-19-3-4-19)24(30)29-12-10-21(11-13-29)20-8-5-18(15-26)6-9-20/h2,5-9,14,19,21H,3-4,10-13,16H2,1H3,(H2,27,28,31). The number of nitriles is 1. The van der Waals surface area contributed by atoms with Crippen LogP contribution >= 0.6 is 0 Å². The van der Waals surface area contributed by atoms with Crippen molar-refractivity contribution in [2.45, 2.75) is 38.5 Å². The summed E-state index contributed by atoms with van der Waals surface area (Å²) in [5, 5.41) is 14.7. The second-order valence-electron chi connectivity index (χ2n) is 8.61. The Labute approximate surface area is 183 Å². The number of urea groups is 1. The van der Waals surface area contributed by atoms with Crippen molar-refractivity contribution in [2.75, 3.05) is 25.0 Å². The van der Waals surface area contributed by atoms with Crippen LogP contribution in [-0.2, 0) is 0 Å². The van der Waals surface area contributed by atoms with Gasteiger partial charge in [-0.3, -0.25) is 4.79 Å². The van der Waals surface area contributed by atoms with E-state index in [1.165, 1.54) is 18.4 Å². The summed E-state index contributed by atoms with van der Waals surface area (Å²) in [5.41, 5.74) is 4.09. The third kappa shape index (κ3) is 5.24. The first-order chi connectivity index (χ1) is 15.0. The van der Waals surface area contributed by atoms with E-state index < -0.39 is 0 Å². The lowest BCUT2D eigenvalue weighted by atomic mass is 9.89. The molecule has 31 heavy (non-hydrogen) atoms. The average molecular weight is 417 g/mol. The van der Waals surface area contributed by atoms with Crippen molar-refractivity contribution >= 4 is 17.6 Å². The summed E-state index contributed by atoms with van der Waals surface area (Å²) in [7, 11) is 0. The molecular weight excluding hydrogens is 388 g/mol. The number of nitrogens with one attached hydrogen (secondary N) is 2. The molecule has 1 aliphatic carbocycles. The highest BCUT2D eigenvalue weighted by atomic mass is 16.2. The number of aryl methyl sites for hydroxylation is 1. The number of piperidine rings is 1. The number of benzene rings is 2. The molecule has 2 fully saturated rings. The fourth-order valence-corrected chi connectivity index (χ4v) is 4.04. The molecule has 1 aliphatic heterocycles. The molecule has 3 amide bonds. The van der Waals surface area contributed by atoms with Gasteiger partial charge in [0, 0.05) is 30.9 Å². The Morgan fingerprint density at radius 1 is 1.06 bits per heavy atom. The molecule has 0 aromatic heterocycles. The highest BCUT2D eigenvalue weighted by Crippen LogP contribution is 2.30. The first-order valence-corrected chi connectivity index (χ1v) is 11.0. The number of likely N-dealkylation sites (tertiary alicyclic amines) is 1. The second kappa shape index (κ2) is 9.22. The molecule has 160 valence electrons. The van der Waals surface area contributed by atoms with Gasteiger partial charge >= 0.3 is 6.03 Å². The fraction of sp³-hybridized carbons (Fsp3) is 0.400. The van der Waals surface area contributed by atoms with Crippen molar-refractivity contribution in [2.24, 2.45) is 5.92 Å². The number of hydrogen-bond donors (Lipinski definition) is 2. The third-order valence-electron chi connectivity index (χ3n) is 6.27. The number of amides is 3. The molecule has 6 nitrogen and oxygen atoms in total. The normalized spacial score (nSPS) is 16.5. The van der Waals surface area contributed by atoms with Crippen LogP contribution in [0.2, 0.25) is 0 Å². The molecule has 0 unspecified atom stereocenters. The zero-order valence-corrected chi connectivity index (χ0v) is 17.9. The van der Waals surface area contributed by atoms with E-state index in [-0.39, 0.29) is 11.9 Å². The minimum absolute atomic E-state index is 0.000262. The third-order valence-corrected chi connectivity index (χ3v) is 6.27. The van der Waals surface area contributed by atoms with E-state index >= 15 is 0 Å². The van der Waals surface area contributed by atoms with Gasteiger partial charge in [-0.1, -0.05) is 18.2 Å². The Morgan fingerprint density at radius 3 is 2.42 bits per heavy atom. The highest BCUT2D eigenvalue weighted by Gasteiger charge is 2.25. The maximum atomic E-state index is 13.1. The smallest absolute Gasteiger partial charge is 0.319 e. The molecule has 0 spiro atoms. The minimum atomic E-state index is -0.220. The van der Waals surface area contributed by atoms with Gasteiger partial charge in [-0.2, -0.15) is 5.26 Å². The first kappa shape index (κ1) is 20.9. The largest absolute Gasteiger partial charge is 0.339 e. The van der Waals surface area contributed by atoms with Gasteiger partial charge in [0.25, 0.3) is 5.91 Å². The molecule has 1 saturated carbocycles. The number of nitrogens with zero attached hydrogens (tertiary/aromatic N) is 2. The maximum Gasteiger partial charge on any atom is 0.319 e. The quantitative estimate of drug-likeness (QED) is 0.757. The number of anilines is 1. The lowest BCUT2D eigenvalue weighted by Gasteiger charge is -2.32. The zero-order valence-electron chi connectivity index (χ0n) is 17.9. The SMILES string of the molecule is Cc1ccc(C(=O)N2CCC(c3ccc(C#N)cc3)CC2)cc1NC(=O)NCC1CC1. The van der Waals surface area contributed by atoms with Crippen LogP contribution in [0.3, 0.4) is 0 Å². The van der Waals surface area contributed by atoms with Gasteiger partial charge in [0.1, 0.15) is 0 Å². The van der Waals surface area contributed by atoms with Gasteiger partial charge in [-0.05, 0) is 79.8 Å². The monoisotopic (exact) mass is 416 g/mol. The summed E-state index contributed by atoms with van der Waals surface area (Å²) in [6, 6.07) is 15.2.